The Morgan fingerprint density at radius 1 is 1.26 bits per heavy atom. The van der Waals surface area contributed by atoms with Crippen LogP contribution >= 0.6 is 11.9 Å². The Morgan fingerprint density at radius 3 is 2.58 bits per heavy atom. The molecule has 19 heavy (non-hydrogen) atoms. The van der Waals surface area contributed by atoms with E-state index in [2.05, 4.69) is 0 Å². The second-order valence-corrected chi connectivity index (χ2v) is 4.77. The first-order chi connectivity index (χ1) is 9.06. The number of ether oxygens (including phenoxy) is 1. The molecule has 0 spiro atoms. The van der Waals surface area contributed by atoms with Crippen LogP contribution in [-0.4, -0.2) is 21.4 Å². The maximum atomic E-state index is 11.6. The van der Waals surface area contributed by atoms with Crippen molar-refractivity contribution in [3.05, 3.63) is 42.0 Å². The number of rotatable bonds is 2. The summed E-state index contributed by atoms with van der Waals surface area (Å²) < 4.78 is 5.82. The standard InChI is InChI=1S/C13H11NO4S/c1-9-5-7-10(8-6-9)18-13(17)19-14-11(15)3-2-4-12(14)16/h2-3,5-8H,4H2,1H3. The van der Waals surface area contributed by atoms with E-state index >= 15 is 0 Å². The van der Waals surface area contributed by atoms with Gasteiger partial charge in [-0.25, -0.2) is 9.10 Å². The van der Waals surface area contributed by atoms with E-state index in [4.69, 9.17) is 4.74 Å². The number of benzene rings is 1. The van der Waals surface area contributed by atoms with Crippen LogP contribution in [0.3, 0.4) is 0 Å². The van der Waals surface area contributed by atoms with Gasteiger partial charge >= 0.3 is 5.30 Å². The van der Waals surface area contributed by atoms with Crippen molar-refractivity contribution in [3.8, 4) is 5.75 Å². The predicted molar refractivity (Wildman–Crippen MR) is 70.4 cm³/mol. The van der Waals surface area contributed by atoms with Gasteiger partial charge in [-0.1, -0.05) is 23.8 Å². The van der Waals surface area contributed by atoms with Gasteiger partial charge < -0.3 is 4.74 Å². The van der Waals surface area contributed by atoms with Crippen LogP contribution in [0.25, 0.3) is 0 Å². The number of carbonyl (C=O) groups excluding carboxylic acids is 3. The van der Waals surface area contributed by atoms with Gasteiger partial charge in [0.2, 0.25) is 5.91 Å². The van der Waals surface area contributed by atoms with Crippen LogP contribution in [0, 0.1) is 6.92 Å². The third kappa shape index (κ3) is 3.45. The summed E-state index contributed by atoms with van der Waals surface area (Å²) in [4.78, 5) is 34.5. The van der Waals surface area contributed by atoms with Gasteiger partial charge in [-0.05, 0) is 19.1 Å². The molecule has 0 aliphatic carbocycles. The number of imide groups is 1. The Hall–Kier alpha value is -2.08. The topological polar surface area (TPSA) is 63.7 Å². The first kappa shape index (κ1) is 13.4. The van der Waals surface area contributed by atoms with E-state index < -0.39 is 17.1 Å². The molecule has 0 saturated heterocycles. The molecule has 2 rings (SSSR count). The van der Waals surface area contributed by atoms with E-state index in [1.54, 1.807) is 24.3 Å². The molecule has 0 saturated carbocycles. The maximum absolute atomic E-state index is 11.6. The first-order valence-electron chi connectivity index (χ1n) is 5.56. The molecule has 0 bridgehead atoms. The van der Waals surface area contributed by atoms with E-state index in [-0.39, 0.29) is 6.42 Å². The van der Waals surface area contributed by atoms with E-state index in [9.17, 15) is 14.4 Å². The summed E-state index contributed by atoms with van der Waals surface area (Å²) in [5, 5.41) is -0.721. The second kappa shape index (κ2) is 5.71. The lowest BCUT2D eigenvalue weighted by Crippen LogP contribution is -2.33. The molecule has 98 valence electrons. The molecule has 0 radical (unpaired) electrons. The highest BCUT2D eigenvalue weighted by atomic mass is 32.2. The second-order valence-electron chi connectivity index (χ2n) is 3.89. The predicted octanol–water partition coefficient (Wildman–Crippen LogP) is 2.46. The van der Waals surface area contributed by atoms with Crippen LogP contribution in [0.2, 0.25) is 0 Å². The fourth-order valence-corrected chi connectivity index (χ4v) is 2.04. The fourth-order valence-electron chi connectivity index (χ4n) is 1.43. The molecule has 0 atom stereocenters. The summed E-state index contributed by atoms with van der Waals surface area (Å²) in [7, 11) is 0. The summed E-state index contributed by atoms with van der Waals surface area (Å²) in [5.74, 6) is -0.587. The summed E-state index contributed by atoms with van der Waals surface area (Å²) in [6.07, 6.45) is 2.83. The Labute approximate surface area is 114 Å². The van der Waals surface area contributed by atoms with E-state index in [1.165, 1.54) is 12.2 Å². The molecule has 1 aromatic carbocycles. The zero-order valence-electron chi connectivity index (χ0n) is 10.2. The third-order valence-electron chi connectivity index (χ3n) is 2.37. The normalized spacial score (nSPS) is 14.7. The highest BCUT2D eigenvalue weighted by Crippen LogP contribution is 2.21. The Morgan fingerprint density at radius 2 is 1.95 bits per heavy atom. The van der Waals surface area contributed by atoms with Gasteiger partial charge in [0.25, 0.3) is 5.91 Å². The monoisotopic (exact) mass is 277 g/mol. The van der Waals surface area contributed by atoms with Crippen molar-refractivity contribution < 1.29 is 19.1 Å². The third-order valence-corrected chi connectivity index (χ3v) is 3.17. The molecule has 2 amide bonds. The van der Waals surface area contributed by atoms with Crippen LogP contribution in [0.4, 0.5) is 4.79 Å². The van der Waals surface area contributed by atoms with Crippen LogP contribution in [0.15, 0.2) is 36.4 Å². The van der Waals surface area contributed by atoms with Crippen LogP contribution in [-0.2, 0) is 9.59 Å². The molecule has 6 heteroatoms. The van der Waals surface area contributed by atoms with Gasteiger partial charge in [0.1, 0.15) is 5.75 Å². The lowest BCUT2D eigenvalue weighted by molar-refractivity contribution is -0.135. The zero-order valence-corrected chi connectivity index (χ0v) is 11.0. The van der Waals surface area contributed by atoms with E-state index in [1.807, 2.05) is 6.92 Å². The molecular formula is C13H11NO4S. The minimum atomic E-state index is -0.721. The first-order valence-corrected chi connectivity index (χ1v) is 6.33. The van der Waals surface area contributed by atoms with Crippen molar-refractivity contribution in [3.63, 3.8) is 0 Å². The fraction of sp³-hybridized carbons (Fsp3) is 0.154. The lowest BCUT2D eigenvalue weighted by atomic mass is 10.2. The summed E-state index contributed by atoms with van der Waals surface area (Å²) in [5.41, 5.74) is 1.04. The van der Waals surface area contributed by atoms with Gasteiger partial charge in [0, 0.05) is 12.5 Å². The quantitative estimate of drug-likeness (QED) is 0.472. The van der Waals surface area contributed by atoms with Crippen LogP contribution < -0.4 is 4.74 Å². The largest absolute Gasteiger partial charge is 0.417 e. The summed E-state index contributed by atoms with van der Waals surface area (Å²) in [6.45, 7) is 1.91. The number of nitrogens with zero attached hydrogens (tertiary/aromatic N) is 1. The molecule has 1 aliphatic heterocycles. The van der Waals surface area contributed by atoms with Gasteiger partial charge in [-0.15, -0.1) is 0 Å². The van der Waals surface area contributed by atoms with Gasteiger partial charge in [-0.3, -0.25) is 9.59 Å². The molecule has 0 aromatic heterocycles. The average Bonchev–Trinajstić information content (AvgIpc) is 2.37. The van der Waals surface area contributed by atoms with Crippen LogP contribution in [0.1, 0.15) is 12.0 Å². The summed E-state index contributed by atoms with van der Waals surface area (Å²) >= 11 is 0.458. The molecule has 1 heterocycles. The smallest absolute Gasteiger partial charge is 0.394 e. The minimum Gasteiger partial charge on any atom is -0.417 e. The van der Waals surface area contributed by atoms with Gasteiger partial charge in [-0.2, -0.15) is 0 Å². The Bertz CT molecular complexity index is 550. The zero-order chi connectivity index (χ0) is 13.8. The molecular weight excluding hydrogens is 266 g/mol. The molecule has 1 aromatic rings. The van der Waals surface area contributed by atoms with Crippen molar-refractivity contribution in [1.82, 2.24) is 4.31 Å². The molecule has 0 fully saturated rings. The Balaban J connectivity index is 1.97. The Kier molecular flexibility index (Phi) is 4.01. The highest BCUT2D eigenvalue weighted by molar-refractivity contribution is 8.12. The molecule has 1 aliphatic rings. The van der Waals surface area contributed by atoms with Crippen molar-refractivity contribution in [1.29, 1.82) is 0 Å². The van der Waals surface area contributed by atoms with E-state index in [0.717, 1.165) is 9.87 Å². The molecule has 0 unspecified atom stereocenters. The SMILES string of the molecule is Cc1ccc(OC(=O)SN2C(=O)C=CCC2=O)cc1. The van der Waals surface area contributed by atoms with Crippen LogP contribution in [0.5, 0.6) is 5.75 Å². The molecule has 5 nitrogen and oxygen atoms in total. The van der Waals surface area contributed by atoms with Crippen molar-refractivity contribution in [2.24, 2.45) is 0 Å². The summed E-state index contributed by atoms with van der Waals surface area (Å²) in [6, 6.07) is 6.89. The van der Waals surface area contributed by atoms with Crippen molar-refractivity contribution >= 4 is 29.1 Å². The average molecular weight is 277 g/mol. The van der Waals surface area contributed by atoms with E-state index in [0.29, 0.717) is 17.7 Å². The van der Waals surface area contributed by atoms with Gasteiger partial charge in [0.15, 0.2) is 0 Å². The highest BCUT2D eigenvalue weighted by Gasteiger charge is 2.26. The van der Waals surface area contributed by atoms with Crippen molar-refractivity contribution in [2.45, 2.75) is 13.3 Å². The van der Waals surface area contributed by atoms with Crippen molar-refractivity contribution in [2.75, 3.05) is 0 Å². The maximum Gasteiger partial charge on any atom is 0.394 e. The molecule has 0 N–H and O–H groups in total. The number of aryl methyl sites for hydroxylation is 1. The van der Waals surface area contributed by atoms with Gasteiger partial charge in [0.05, 0.1) is 11.9 Å². The lowest BCUT2D eigenvalue weighted by Gasteiger charge is -2.18. The number of carbonyl (C=O) groups is 3. The minimum absolute atomic E-state index is 0.108. The number of hydrogen-bond donors (Lipinski definition) is 0. The number of hydrogen-bond acceptors (Lipinski definition) is 5. The number of amides is 2.